The van der Waals surface area contributed by atoms with Crippen molar-refractivity contribution in [2.75, 3.05) is 13.7 Å². The smallest absolute Gasteiger partial charge is 0.338 e. The normalized spacial score (nSPS) is 19.8. The van der Waals surface area contributed by atoms with Gasteiger partial charge in [0.05, 0.1) is 38.1 Å². The molecule has 5 rings (SSSR count). The molecule has 5 atom stereocenters. The van der Waals surface area contributed by atoms with E-state index in [-0.39, 0.29) is 26.2 Å². The topological polar surface area (TPSA) is 107 Å². The van der Waals surface area contributed by atoms with Gasteiger partial charge in [0.1, 0.15) is 18.3 Å². The SMILES string of the molecule is COC(=O)[C@H]1C[C@@H](OC(=O)c2ccccc2)[C@@H](OC(=O)c2ccccc2)[C@@H]([C@@H](COCc2ccccc2)OCc2ccccc2)O1. The van der Waals surface area contributed by atoms with Crippen molar-refractivity contribution in [3.05, 3.63) is 144 Å². The van der Waals surface area contributed by atoms with Gasteiger partial charge < -0.3 is 28.4 Å². The maximum atomic E-state index is 13.5. The molecule has 4 aromatic rings. The van der Waals surface area contributed by atoms with Gasteiger partial charge in [-0.2, -0.15) is 0 Å². The van der Waals surface area contributed by atoms with Crippen LogP contribution >= 0.6 is 0 Å². The van der Waals surface area contributed by atoms with Crippen LogP contribution in [0, 0.1) is 0 Å². The van der Waals surface area contributed by atoms with Crippen molar-refractivity contribution in [2.45, 2.75) is 50.2 Å². The van der Waals surface area contributed by atoms with Crippen LogP contribution in [0.25, 0.3) is 0 Å². The van der Waals surface area contributed by atoms with Crippen molar-refractivity contribution in [3.8, 4) is 0 Å². The molecule has 0 unspecified atom stereocenters. The first-order valence-electron chi connectivity index (χ1n) is 15.0. The van der Waals surface area contributed by atoms with Gasteiger partial charge in [-0.3, -0.25) is 0 Å². The quantitative estimate of drug-likeness (QED) is 0.139. The fraction of sp³-hybridized carbons (Fsp3) is 0.270. The summed E-state index contributed by atoms with van der Waals surface area (Å²) in [5.41, 5.74) is 2.44. The predicted molar refractivity (Wildman–Crippen MR) is 168 cm³/mol. The third-order valence-corrected chi connectivity index (χ3v) is 7.51. The summed E-state index contributed by atoms with van der Waals surface area (Å²) in [6, 6.07) is 36.0. The summed E-state index contributed by atoms with van der Waals surface area (Å²) in [6.45, 7) is 0.468. The van der Waals surface area contributed by atoms with Crippen LogP contribution in [-0.4, -0.2) is 62.1 Å². The Morgan fingerprint density at radius 1 is 0.696 bits per heavy atom. The highest BCUT2D eigenvalue weighted by atomic mass is 16.6. The number of hydrogen-bond acceptors (Lipinski definition) is 9. The molecule has 0 bridgehead atoms. The summed E-state index contributed by atoms with van der Waals surface area (Å²) in [5, 5.41) is 0. The lowest BCUT2D eigenvalue weighted by Gasteiger charge is -2.42. The molecule has 1 aliphatic heterocycles. The Bertz CT molecular complexity index is 1530. The number of carbonyl (C=O) groups is 3. The number of ether oxygens (including phenoxy) is 6. The Labute approximate surface area is 268 Å². The highest BCUT2D eigenvalue weighted by Gasteiger charge is 2.49. The second-order valence-electron chi connectivity index (χ2n) is 10.7. The molecule has 1 fully saturated rings. The van der Waals surface area contributed by atoms with E-state index in [0.29, 0.717) is 11.1 Å². The molecule has 4 aromatic carbocycles. The lowest BCUT2D eigenvalue weighted by Crippen LogP contribution is -2.59. The van der Waals surface area contributed by atoms with Crippen LogP contribution in [0.1, 0.15) is 38.3 Å². The summed E-state index contributed by atoms with van der Waals surface area (Å²) < 4.78 is 35.9. The third kappa shape index (κ3) is 8.88. The van der Waals surface area contributed by atoms with Crippen molar-refractivity contribution in [3.63, 3.8) is 0 Å². The molecule has 0 aliphatic carbocycles. The van der Waals surface area contributed by atoms with Crippen molar-refractivity contribution in [1.29, 1.82) is 0 Å². The molecule has 9 nitrogen and oxygen atoms in total. The monoisotopic (exact) mass is 624 g/mol. The Hall–Kier alpha value is -4.83. The van der Waals surface area contributed by atoms with Gasteiger partial charge in [0, 0.05) is 6.42 Å². The average Bonchev–Trinajstić information content (AvgIpc) is 3.11. The molecule has 0 N–H and O–H groups in total. The van der Waals surface area contributed by atoms with E-state index < -0.39 is 48.4 Å². The third-order valence-electron chi connectivity index (χ3n) is 7.51. The van der Waals surface area contributed by atoms with Crippen molar-refractivity contribution in [1.82, 2.24) is 0 Å². The molecule has 0 saturated carbocycles. The second-order valence-corrected chi connectivity index (χ2v) is 10.7. The Balaban J connectivity index is 1.48. The summed E-state index contributed by atoms with van der Waals surface area (Å²) in [4.78, 5) is 39.6. The van der Waals surface area contributed by atoms with E-state index in [1.165, 1.54) is 7.11 Å². The van der Waals surface area contributed by atoms with E-state index in [1.807, 2.05) is 60.7 Å². The molecule has 0 amide bonds. The highest BCUT2D eigenvalue weighted by molar-refractivity contribution is 5.90. The standard InChI is InChI=1S/C37H36O9/c1-41-37(40)31-22-30(45-35(38)28-18-10-4-11-19-28)33(46-36(39)29-20-12-5-13-21-29)34(44-31)32(43-24-27-16-8-3-9-17-27)25-42-23-26-14-6-2-7-15-26/h2-21,30-34H,22-25H2,1H3/t30-,31-,32-,33-,34-/m1/s1. The first-order valence-corrected chi connectivity index (χ1v) is 15.0. The van der Waals surface area contributed by atoms with Crippen LogP contribution in [0.4, 0.5) is 0 Å². The molecule has 238 valence electrons. The molecule has 0 spiro atoms. The first kappa shape index (κ1) is 32.6. The number of esters is 3. The van der Waals surface area contributed by atoms with Crippen molar-refractivity contribution in [2.24, 2.45) is 0 Å². The molecule has 9 heteroatoms. The van der Waals surface area contributed by atoms with Gasteiger partial charge in [0.2, 0.25) is 0 Å². The van der Waals surface area contributed by atoms with Crippen LogP contribution in [0.3, 0.4) is 0 Å². The lowest BCUT2D eigenvalue weighted by molar-refractivity contribution is -0.225. The van der Waals surface area contributed by atoms with Gasteiger partial charge in [-0.25, -0.2) is 14.4 Å². The van der Waals surface area contributed by atoms with E-state index >= 15 is 0 Å². The van der Waals surface area contributed by atoms with Crippen LogP contribution in [-0.2, 0) is 46.4 Å². The van der Waals surface area contributed by atoms with Gasteiger partial charge in [-0.15, -0.1) is 0 Å². The highest BCUT2D eigenvalue weighted by Crippen LogP contribution is 2.31. The fourth-order valence-electron chi connectivity index (χ4n) is 5.15. The Morgan fingerprint density at radius 3 is 1.74 bits per heavy atom. The maximum Gasteiger partial charge on any atom is 0.338 e. The second kappa shape index (κ2) is 16.5. The molecule has 1 heterocycles. The van der Waals surface area contributed by atoms with Crippen LogP contribution in [0.5, 0.6) is 0 Å². The molecule has 0 aromatic heterocycles. The van der Waals surface area contributed by atoms with Gasteiger partial charge in [0.25, 0.3) is 0 Å². The van der Waals surface area contributed by atoms with E-state index in [9.17, 15) is 14.4 Å². The summed E-state index contributed by atoms with van der Waals surface area (Å²) in [5.74, 6) is -1.95. The fourth-order valence-corrected chi connectivity index (χ4v) is 5.15. The zero-order valence-corrected chi connectivity index (χ0v) is 25.4. The van der Waals surface area contributed by atoms with Gasteiger partial charge in [-0.05, 0) is 35.4 Å². The van der Waals surface area contributed by atoms with Crippen LogP contribution in [0.2, 0.25) is 0 Å². The van der Waals surface area contributed by atoms with Crippen LogP contribution < -0.4 is 0 Å². The number of hydrogen-bond donors (Lipinski definition) is 0. The summed E-state index contributed by atoms with van der Waals surface area (Å²) >= 11 is 0. The Morgan fingerprint density at radius 2 is 1.20 bits per heavy atom. The predicted octanol–water partition coefficient (Wildman–Crippen LogP) is 5.57. The minimum absolute atomic E-state index is 0.0129. The maximum absolute atomic E-state index is 13.5. The van der Waals surface area contributed by atoms with E-state index in [4.69, 9.17) is 28.4 Å². The van der Waals surface area contributed by atoms with Crippen molar-refractivity contribution >= 4 is 17.9 Å². The number of benzene rings is 4. The van der Waals surface area contributed by atoms with Gasteiger partial charge >= 0.3 is 17.9 Å². The number of methoxy groups -OCH3 is 1. The van der Waals surface area contributed by atoms with Crippen LogP contribution in [0.15, 0.2) is 121 Å². The number of carbonyl (C=O) groups excluding carboxylic acids is 3. The zero-order chi connectivity index (χ0) is 32.1. The number of rotatable bonds is 13. The van der Waals surface area contributed by atoms with E-state index in [2.05, 4.69) is 0 Å². The van der Waals surface area contributed by atoms with Gasteiger partial charge in [0.15, 0.2) is 12.2 Å². The first-order chi connectivity index (χ1) is 22.5. The molecule has 1 saturated heterocycles. The molecular formula is C37H36O9. The zero-order valence-electron chi connectivity index (χ0n) is 25.4. The molecular weight excluding hydrogens is 588 g/mol. The minimum atomic E-state index is -1.16. The average molecular weight is 625 g/mol. The Kier molecular flexibility index (Phi) is 11.7. The van der Waals surface area contributed by atoms with E-state index in [0.717, 1.165) is 11.1 Å². The largest absolute Gasteiger partial charge is 0.467 e. The molecule has 1 aliphatic rings. The van der Waals surface area contributed by atoms with Gasteiger partial charge in [-0.1, -0.05) is 97.1 Å². The lowest BCUT2D eigenvalue weighted by atomic mass is 9.93. The van der Waals surface area contributed by atoms with Crippen molar-refractivity contribution < 1.29 is 42.8 Å². The summed E-state index contributed by atoms with van der Waals surface area (Å²) in [7, 11) is 1.25. The molecule has 0 radical (unpaired) electrons. The summed E-state index contributed by atoms with van der Waals surface area (Å²) in [6.07, 6.45) is -5.43. The molecule has 46 heavy (non-hydrogen) atoms. The van der Waals surface area contributed by atoms with E-state index in [1.54, 1.807) is 60.7 Å². The minimum Gasteiger partial charge on any atom is -0.467 e.